The van der Waals surface area contributed by atoms with Crippen LogP contribution in [-0.2, 0) is 4.74 Å². The minimum absolute atomic E-state index is 0.188. The largest absolute Gasteiger partial charge is 0.379 e. The number of nitrogens with zero attached hydrogens (tertiary/aromatic N) is 5. The number of anilines is 1. The molecule has 140 valence electrons. The van der Waals surface area contributed by atoms with E-state index in [1.165, 1.54) is 0 Å². The van der Waals surface area contributed by atoms with E-state index in [1.54, 1.807) is 6.33 Å². The highest BCUT2D eigenvalue weighted by Gasteiger charge is 2.31. The van der Waals surface area contributed by atoms with E-state index in [4.69, 9.17) is 4.74 Å². The Hall–Kier alpha value is -1.76. The molecule has 0 aliphatic carbocycles. The van der Waals surface area contributed by atoms with Gasteiger partial charge in [0.05, 0.1) is 18.7 Å². The lowest BCUT2D eigenvalue weighted by Gasteiger charge is -2.45. The fourth-order valence-corrected chi connectivity index (χ4v) is 4.18. The summed E-state index contributed by atoms with van der Waals surface area (Å²) in [7, 11) is 0. The maximum absolute atomic E-state index is 5.51. The van der Waals surface area contributed by atoms with Crippen molar-refractivity contribution in [2.45, 2.75) is 19.4 Å². The summed E-state index contributed by atoms with van der Waals surface area (Å²) < 4.78 is 5.51. The van der Waals surface area contributed by atoms with Crippen LogP contribution in [0.1, 0.15) is 13.8 Å². The number of fused-ring (bicyclic) bond motifs is 1. The van der Waals surface area contributed by atoms with Gasteiger partial charge in [-0.25, -0.2) is 9.97 Å². The molecule has 0 N–H and O–H groups in total. The zero-order valence-electron chi connectivity index (χ0n) is 15.9. The lowest BCUT2D eigenvalue weighted by Crippen LogP contribution is -2.58. The van der Waals surface area contributed by atoms with Crippen LogP contribution >= 0.6 is 0 Å². The number of hydrogen-bond donors (Lipinski definition) is 0. The number of benzene rings is 1. The van der Waals surface area contributed by atoms with E-state index in [9.17, 15) is 0 Å². The van der Waals surface area contributed by atoms with E-state index in [0.717, 1.165) is 75.7 Å². The van der Waals surface area contributed by atoms with Crippen LogP contribution in [-0.4, -0.2) is 84.3 Å². The van der Waals surface area contributed by atoms with E-state index in [1.807, 2.05) is 6.07 Å². The summed E-state index contributed by atoms with van der Waals surface area (Å²) >= 11 is 0. The van der Waals surface area contributed by atoms with Gasteiger partial charge in [0.15, 0.2) is 0 Å². The van der Waals surface area contributed by atoms with Crippen molar-refractivity contribution in [2.24, 2.45) is 0 Å². The lowest BCUT2D eigenvalue weighted by atomic mass is 10.0. The fourth-order valence-electron chi connectivity index (χ4n) is 4.18. The average molecular weight is 355 g/mol. The van der Waals surface area contributed by atoms with Gasteiger partial charge in [0.2, 0.25) is 0 Å². The van der Waals surface area contributed by atoms with Crippen molar-refractivity contribution >= 4 is 16.7 Å². The van der Waals surface area contributed by atoms with E-state index < -0.39 is 0 Å². The maximum atomic E-state index is 5.51. The molecule has 2 aliphatic rings. The van der Waals surface area contributed by atoms with Gasteiger partial charge in [-0.1, -0.05) is 12.1 Å². The summed E-state index contributed by atoms with van der Waals surface area (Å²) in [6, 6.07) is 8.28. The van der Waals surface area contributed by atoms with Crippen molar-refractivity contribution in [3.8, 4) is 0 Å². The van der Waals surface area contributed by atoms with Crippen molar-refractivity contribution in [1.29, 1.82) is 0 Å². The predicted molar refractivity (Wildman–Crippen MR) is 105 cm³/mol. The first kappa shape index (κ1) is 17.6. The number of aromatic nitrogens is 2. The standard InChI is InChI=1S/C20H29N5O/c1-20(2,25-11-13-26-14-12-25)15-23-7-9-24(10-8-23)19-17-5-3-4-6-18(17)21-16-22-19/h3-6,16H,7-15H2,1-2H3. The van der Waals surface area contributed by atoms with Gasteiger partial charge in [-0.15, -0.1) is 0 Å². The predicted octanol–water partition coefficient (Wildman–Crippen LogP) is 1.86. The zero-order chi connectivity index (χ0) is 18.0. The maximum Gasteiger partial charge on any atom is 0.139 e. The number of ether oxygens (including phenoxy) is 1. The number of rotatable bonds is 4. The van der Waals surface area contributed by atoms with E-state index >= 15 is 0 Å². The molecule has 4 rings (SSSR count). The molecule has 6 nitrogen and oxygen atoms in total. The summed E-state index contributed by atoms with van der Waals surface area (Å²) in [5.41, 5.74) is 1.21. The molecule has 6 heteroatoms. The molecular weight excluding hydrogens is 326 g/mol. The molecule has 0 unspecified atom stereocenters. The normalized spacial score (nSPS) is 20.6. The van der Waals surface area contributed by atoms with Crippen molar-refractivity contribution in [2.75, 3.05) is 63.9 Å². The van der Waals surface area contributed by atoms with Crippen LogP contribution in [0.15, 0.2) is 30.6 Å². The Balaban J connectivity index is 1.39. The number of piperazine rings is 1. The highest BCUT2D eigenvalue weighted by atomic mass is 16.5. The van der Waals surface area contributed by atoms with Crippen LogP contribution in [0, 0.1) is 0 Å². The van der Waals surface area contributed by atoms with Crippen LogP contribution in [0.4, 0.5) is 5.82 Å². The van der Waals surface area contributed by atoms with E-state index in [2.05, 4.69) is 56.7 Å². The molecule has 0 spiro atoms. The first-order valence-electron chi connectivity index (χ1n) is 9.63. The van der Waals surface area contributed by atoms with Gasteiger partial charge < -0.3 is 9.64 Å². The minimum Gasteiger partial charge on any atom is -0.379 e. The second-order valence-corrected chi connectivity index (χ2v) is 7.89. The second kappa shape index (κ2) is 7.47. The van der Waals surface area contributed by atoms with Gasteiger partial charge in [-0.05, 0) is 26.0 Å². The van der Waals surface area contributed by atoms with Crippen LogP contribution in [0.5, 0.6) is 0 Å². The summed E-state index contributed by atoms with van der Waals surface area (Å²) in [6.07, 6.45) is 1.69. The minimum atomic E-state index is 0.188. The Morgan fingerprint density at radius 2 is 1.69 bits per heavy atom. The number of para-hydroxylation sites is 1. The molecule has 2 saturated heterocycles. The quantitative estimate of drug-likeness (QED) is 0.834. The highest BCUT2D eigenvalue weighted by Crippen LogP contribution is 2.24. The molecular formula is C20H29N5O. The molecule has 26 heavy (non-hydrogen) atoms. The van der Waals surface area contributed by atoms with Gasteiger partial charge in [0.25, 0.3) is 0 Å². The molecule has 1 aromatic carbocycles. The van der Waals surface area contributed by atoms with Crippen molar-refractivity contribution < 1.29 is 4.74 Å². The summed E-state index contributed by atoms with van der Waals surface area (Å²) in [6.45, 7) is 13.8. The Labute approximate surface area is 155 Å². The highest BCUT2D eigenvalue weighted by molar-refractivity contribution is 5.89. The van der Waals surface area contributed by atoms with Crippen molar-refractivity contribution in [1.82, 2.24) is 19.8 Å². The molecule has 3 heterocycles. The molecule has 2 aliphatic heterocycles. The van der Waals surface area contributed by atoms with Crippen molar-refractivity contribution in [3.63, 3.8) is 0 Å². The van der Waals surface area contributed by atoms with E-state index in [0.29, 0.717) is 0 Å². The van der Waals surface area contributed by atoms with Gasteiger partial charge in [-0.2, -0.15) is 0 Å². The Morgan fingerprint density at radius 1 is 0.962 bits per heavy atom. The van der Waals surface area contributed by atoms with Crippen LogP contribution in [0.2, 0.25) is 0 Å². The second-order valence-electron chi connectivity index (χ2n) is 7.89. The summed E-state index contributed by atoms with van der Waals surface area (Å²) in [5, 5.41) is 1.15. The molecule has 0 radical (unpaired) electrons. The lowest BCUT2D eigenvalue weighted by molar-refractivity contribution is -0.0221. The first-order chi connectivity index (χ1) is 12.6. The third-order valence-corrected chi connectivity index (χ3v) is 5.67. The van der Waals surface area contributed by atoms with Crippen LogP contribution in [0.3, 0.4) is 0 Å². The van der Waals surface area contributed by atoms with Crippen LogP contribution in [0.25, 0.3) is 10.9 Å². The van der Waals surface area contributed by atoms with Gasteiger partial charge >= 0.3 is 0 Å². The number of morpholine rings is 1. The summed E-state index contributed by atoms with van der Waals surface area (Å²) in [4.78, 5) is 16.5. The number of hydrogen-bond acceptors (Lipinski definition) is 6. The third kappa shape index (κ3) is 3.68. The molecule has 2 fully saturated rings. The van der Waals surface area contributed by atoms with Gasteiger partial charge in [0.1, 0.15) is 12.1 Å². The van der Waals surface area contributed by atoms with Gasteiger partial charge in [0, 0.05) is 56.7 Å². The molecule has 2 aromatic rings. The average Bonchev–Trinajstić information content (AvgIpc) is 2.69. The Morgan fingerprint density at radius 3 is 2.46 bits per heavy atom. The van der Waals surface area contributed by atoms with Crippen LogP contribution < -0.4 is 4.90 Å². The topological polar surface area (TPSA) is 44.7 Å². The molecule has 0 atom stereocenters. The Kier molecular flexibility index (Phi) is 5.07. The third-order valence-electron chi connectivity index (χ3n) is 5.67. The molecule has 0 bridgehead atoms. The monoisotopic (exact) mass is 355 g/mol. The molecule has 0 amide bonds. The smallest absolute Gasteiger partial charge is 0.139 e. The van der Waals surface area contributed by atoms with Crippen molar-refractivity contribution in [3.05, 3.63) is 30.6 Å². The van der Waals surface area contributed by atoms with E-state index in [-0.39, 0.29) is 5.54 Å². The molecule has 0 saturated carbocycles. The SMILES string of the molecule is CC(C)(CN1CCN(c2ncnc3ccccc23)CC1)N1CCOCC1. The van der Waals surface area contributed by atoms with Gasteiger partial charge in [-0.3, -0.25) is 9.80 Å². The molecule has 1 aromatic heterocycles. The fraction of sp³-hybridized carbons (Fsp3) is 0.600. The first-order valence-corrected chi connectivity index (χ1v) is 9.63. The zero-order valence-corrected chi connectivity index (χ0v) is 15.9. The summed E-state index contributed by atoms with van der Waals surface area (Å²) in [5.74, 6) is 1.07. The Bertz CT molecular complexity index is 731.